The molecule has 1 aliphatic carbocycles. The molecular weight excluding hydrogens is 472 g/mol. The summed E-state index contributed by atoms with van der Waals surface area (Å²) in [4.78, 5) is 76.1. The van der Waals surface area contributed by atoms with Gasteiger partial charge in [-0.25, -0.2) is 0 Å². The minimum atomic E-state index is -1.23. The molecule has 0 aromatic carbocycles. The molecule has 0 bridgehead atoms. The van der Waals surface area contributed by atoms with Crippen LogP contribution in [0.1, 0.15) is 81.1 Å². The van der Waals surface area contributed by atoms with Gasteiger partial charge in [0.25, 0.3) is 11.6 Å². The fourth-order valence-corrected chi connectivity index (χ4v) is 2.94. The second-order valence-electron chi connectivity index (χ2n) is 10.3. The second-order valence-corrected chi connectivity index (χ2v) is 10.3. The third-order valence-electron chi connectivity index (χ3n) is 4.40. The van der Waals surface area contributed by atoms with Crippen LogP contribution in [-0.4, -0.2) is 35.4 Å². The van der Waals surface area contributed by atoms with Crippen LogP contribution in [0.5, 0.6) is 0 Å². The highest BCUT2D eigenvalue weighted by atomic mass is 16.6. The summed E-state index contributed by atoms with van der Waals surface area (Å²) in [5, 5.41) is 0. The van der Waals surface area contributed by atoms with Crippen LogP contribution in [0.15, 0.2) is 23.0 Å². The van der Waals surface area contributed by atoms with Crippen molar-refractivity contribution >= 4 is 35.4 Å². The number of carbonyl (C=O) groups excluding carboxylic acids is 6. The molecule has 10 heteroatoms. The first-order chi connectivity index (χ1) is 16.6. The number of hydrogen-bond acceptors (Lipinski definition) is 10. The molecule has 10 nitrogen and oxygen atoms in total. The maximum atomic E-state index is 13.3. The van der Waals surface area contributed by atoms with Gasteiger partial charge >= 0.3 is 23.9 Å². The average Bonchev–Trinajstić information content (AvgIpc) is 2.69. The molecule has 0 saturated carbocycles. The Bertz CT molecular complexity index is 813. The summed E-state index contributed by atoms with van der Waals surface area (Å²) in [6.07, 6.45) is -0.442. The van der Waals surface area contributed by atoms with E-state index in [1.807, 2.05) is 0 Å². The van der Waals surface area contributed by atoms with Crippen molar-refractivity contribution in [2.45, 2.75) is 81.1 Å². The fraction of sp³-hybridized carbons (Fsp3) is 0.615. The van der Waals surface area contributed by atoms with Gasteiger partial charge in [0.2, 0.25) is 23.0 Å². The van der Waals surface area contributed by atoms with Gasteiger partial charge in [0.1, 0.15) is 0 Å². The Morgan fingerprint density at radius 3 is 0.750 bits per heavy atom. The standard InChI is InChI=1S/C26H36O10/c1-13(2)9-17(27)33-23-21(31)25(35-19(29)11-15(5)6)26(36-20(30)12-16(7)8)22(32)24(23)34-18(28)10-14(3)4/h13-16H,9-12H2,1-8H3. The fourth-order valence-electron chi connectivity index (χ4n) is 2.94. The van der Waals surface area contributed by atoms with Gasteiger partial charge in [-0.2, -0.15) is 0 Å². The Labute approximate surface area is 211 Å². The summed E-state index contributed by atoms with van der Waals surface area (Å²) in [7, 11) is 0. The van der Waals surface area contributed by atoms with Crippen molar-refractivity contribution in [2.75, 3.05) is 0 Å². The van der Waals surface area contributed by atoms with Gasteiger partial charge in [-0.05, 0) is 23.7 Å². The number of ether oxygens (including phenoxy) is 4. The van der Waals surface area contributed by atoms with Crippen molar-refractivity contribution in [1.82, 2.24) is 0 Å². The first-order valence-corrected chi connectivity index (χ1v) is 12.0. The lowest BCUT2D eigenvalue weighted by molar-refractivity contribution is -0.153. The van der Waals surface area contributed by atoms with E-state index < -0.39 is 58.5 Å². The van der Waals surface area contributed by atoms with Crippen molar-refractivity contribution in [1.29, 1.82) is 0 Å². The predicted molar refractivity (Wildman–Crippen MR) is 126 cm³/mol. The maximum Gasteiger partial charge on any atom is 0.311 e. The van der Waals surface area contributed by atoms with E-state index >= 15 is 0 Å². The molecule has 0 aromatic rings. The summed E-state index contributed by atoms with van der Waals surface area (Å²) in [6, 6.07) is 0. The minimum absolute atomic E-state index is 0.111. The third-order valence-corrected chi connectivity index (χ3v) is 4.40. The van der Waals surface area contributed by atoms with Gasteiger partial charge in [-0.1, -0.05) is 55.4 Å². The van der Waals surface area contributed by atoms with E-state index in [1.54, 1.807) is 55.4 Å². The molecule has 0 atom stereocenters. The predicted octanol–water partition coefficient (Wildman–Crippen LogP) is 3.92. The first kappa shape index (κ1) is 30.7. The van der Waals surface area contributed by atoms with Crippen molar-refractivity contribution in [3.63, 3.8) is 0 Å². The summed E-state index contributed by atoms with van der Waals surface area (Å²) >= 11 is 0. The molecule has 200 valence electrons. The topological polar surface area (TPSA) is 139 Å². The lowest BCUT2D eigenvalue weighted by atomic mass is 10.0. The average molecular weight is 509 g/mol. The first-order valence-electron chi connectivity index (χ1n) is 12.0. The zero-order chi connectivity index (χ0) is 27.7. The van der Waals surface area contributed by atoms with Gasteiger partial charge in [0.05, 0.1) is 0 Å². The Kier molecular flexibility index (Phi) is 11.7. The van der Waals surface area contributed by atoms with Gasteiger partial charge in [-0.15, -0.1) is 0 Å². The van der Waals surface area contributed by atoms with E-state index in [2.05, 4.69) is 0 Å². The molecule has 1 aliphatic rings. The van der Waals surface area contributed by atoms with Crippen molar-refractivity contribution < 1.29 is 47.7 Å². The molecule has 0 radical (unpaired) electrons. The molecule has 0 saturated heterocycles. The van der Waals surface area contributed by atoms with Crippen molar-refractivity contribution in [3.05, 3.63) is 23.0 Å². The number of Topliss-reactive ketones (excluding diaryl/α,β-unsaturated/α-hetero) is 2. The van der Waals surface area contributed by atoms with Gasteiger partial charge in [0, 0.05) is 25.7 Å². The zero-order valence-electron chi connectivity index (χ0n) is 22.2. The zero-order valence-corrected chi connectivity index (χ0v) is 22.2. The van der Waals surface area contributed by atoms with Crippen LogP contribution in [0.4, 0.5) is 0 Å². The SMILES string of the molecule is CC(C)CC(=O)OC1=C(OC(=O)CC(C)C)C(=O)C(OC(=O)CC(C)C)=C(OC(=O)CC(C)C)C1=O. The highest BCUT2D eigenvalue weighted by Crippen LogP contribution is 2.30. The van der Waals surface area contributed by atoms with Crippen LogP contribution in [-0.2, 0) is 47.7 Å². The van der Waals surface area contributed by atoms with Crippen LogP contribution in [0.2, 0.25) is 0 Å². The molecule has 36 heavy (non-hydrogen) atoms. The van der Waals surface area contributed by atoms with E-state index in [0.29, 0.717) is 0 Å². The van der Waals surface area contributed by atoms with Gasteiger partial charge in [-0.3, -0.25) is 28.8 Å². The highest BCUT2D eigenvalue weighted by molar-refractivity contribution is 6.23. The Morgan fingerprint density at radius 1 is 0.444 bits per heavy atom. The van der Waals surface area contributed by atoms with E-state index in [0.717, 1.165) is 0 Å². The van der Waals surface area contributed by atoms with Crippen LogP contribution < -0.4 is 0 Å². The Balaban J connectivity index is 3.59. The summed E-state index contributed by atoms with van der Waals surface area (Å²) in [5.74, 6) is -10.1. The summed E-state index contributed by atoms with van der Waals surface area (Å²) in [6.45, 7) is 13.9. The maximum absolute atomic E-state index is 13.3. The lowest BCUT2D eigenvalue weighted by Gasteiger charge is -2.22. The van der Waals surface area contributed by atoms with Crippen LogP contribution in [0.3, 0.4) is 0 Å². The number of hydrogen-bond donors (Lipinski definition) is 0. The van der Waals surface area contributed by atoms with E-state index in [9.17, 15) is 28.8 Å². The number of carbonyl (C=O) groups is 6. The third kappa shape index (κ3) is 9.75. The largest absolute Gasteiger partial charge is 0.418 e. The molecule has 0 unspecified atom stereocenters. The van der Waals surface area contributed by atoms with Crippen LogP contribution in [0.25, 0.3) is 0 Å². The lowest BCUT2D eigenvalue weighted by Crippen LogP contribution is -2.33. The second kappa shape index (κ2) is 13.7. The molecule has 0 spiro atoms. The molecule has 0 heterocycles. The normalized spacial score (nSPS) is 14.2. The molecule has 0 N–H and O–H groups in total. The Morgan fingerprint density at radius 2 is 0.611 bits per heavy atom. The summed E-state index contributed by atoms with van der Waals surface area (Å²) < 4.78 is 20.6. The van der Waals surface area contributed by atoms with Crippen LogP contribution in [0, 0.1) is 23.7 Å². The number of esters is 4. The summed E-state index contributed by atoms with van der Waals surface area (Å²) in [5.41, 5.74) is 0. The van der Waals surface area contributed by atoms with Crippen LogP contribution >= 0.6 is 0 Å². The minimum Gasteiger partial charge on any atom is -0.418 e. The number of ketones is 2. The monoisotopic (exact) mass is 508 g/mol. The molecule has 0 aromatic heterocycles. The van der Waals surface area contributed by atoms with E-state index in [-0.39, 0.29) is 49.4 Å². The molecule has 0 aliphatic heterocycles. The highest BCUT2D eigenvalue weighted by Gasteiger charge is 2.44. The van der Waals surface area contributed by atoms with Crippen molar-refractivity contribution in [2.24, 2.45) is 23.7 Å². The van der Waals surface area contributed by atoms with Gasteiger partial charge < -0.3 is 18.9 Å². The Hall–Kier alpha value is -3.30. The quantitative estimate of drug-likeness (QED) is 0.216. The molecular formula is C26H36O10. The van der Waals surface area contributed by atoms with E-state index in [1.165, 1.54) is 0 Å². The smallest absolute Gasteiger partial charge is 0.311 e. The van der Waals surface area contributed by atoms with E-state index in [4.69, 9.17) is 18.9 Å². The number of rotatable bonds is 12. The van der Waals surface area contributed by atoms with Crippen molar-refractivity contribution in [3.8, 4) is 0 Å². The molecule has 0 fully saturated rings. The van der Waals surface area contributed by atoms with Gasteiger partial charge in [0.15, 0.2) is 0 Å². The molecule has 0 amide bonds. The molecule has 1 rings (SSSR count).